The molecule has 15 heavy (non-hydrogen) atoms. The number of halogens is 2. The van der Waals surface area contributed by atoms with Crippen LogP contribution in [0.25, 0.3) is 0 Å². The molecule has 0 aromatic carbocycles. The average Bonchev–Trinajstić information content (AvgIpc) is 2.62. The van der Waals surface area contributed by atoms with E-state index in [4.69, 9.17) is 28.3 Å². The van der Waals surface area contributed by atoms with Gasteiger partial charge in [-0.3, -0.25) is 9.59 Å². The summed E-state index contributed by atoms with van der Waals surface area (Å²) < 4.78 is -1.01. The van der Waals surface area contributed by atoms with E-state index >= 15 is 0 Å². The molecule has 0 heterocycles. The van der Waals surface area contributed by atoms with Gasteiger partial charge < -0.3 is 10.4 Å². The molecule has 1 saturated carbocycles. The fourth-order valence-electron chi connectivity index (χ4n) is 1.17. The van der Waals surface area contributed by atoms with Crippen LogP contribution >= 0.6 is 23.2 Å². The van der Waals surface area contributed by atoms with Gasteiger partial charge in [-0.2, -0.15) is 0 Å². The SMILES string of the molecule is C[C@@H](CNC(=O)[C@@]1(C)CC1(Cl)Cl)C(=O)O. The minimum absolute atomic E-state index is 0.0909. The Bertz CT molecular complexity index is 306. The van der Waals surface area contributed by atoms with Crippen LogP contribution in [-0.2, 0) is 9.59 Å². The minimum atomic E-state index is -1.01. The van der Waals surface area contributed by atoms with Crippen LogP contribution < -0.4 is 5.32 Å². The first-order chi connectivity index (χ1) is 6.71. The van der Waals surface area contributed by atoms with Gasteiger partial charge in [0.1, 0.15) is 4.33 Å². The Balaban J connectivity index is 2.42. The van der Waals surface area contributed by atoms with Crippen LogP contribution in [0.15, 0.2) is 0 Å². The molecule has 0 aromatic rings. The normalized spacial score (nSPS) is 29.3. The van der Waals surface area contributed by atoms with Gasteiger partial charge in [0.2, 0.25) is 5.91 Å². The Labute approximate surface area is 97.9 Å². The first-order valence-corrected chi connectivity index (χ1v) is 5.35. The Morgan fingerprint density at radius 3 is 2.33 bits per heavy atom. The Morgan fingerprint density at radius 1 is 1.53 bits per heavy atom. The third-order valence-corrected chi connectivity index (χ3v) is 3.85. The lowest BCUT2D eigenvalue weighted by Gasteiger charge is -2.14. The van der Waals surface area contributed by atoms with Gasteiger partial charge in [-0.1, -0.05) is 6.92 Å². The molecule has 2 atom stereocenters. The molecule has 1 aliphatic rings. The first-order valence-electron chi connectivity index (χ1n) is 4.59. The highest BCUT2D eigenvalue weighted by molar-refractivity contribution is 6.53. The van der Waals surface area contributed by atoms with Crippen molar-refractivity contribution in [1.29, 1.82) is 0 Å². The number of hydrogen-bond donors (Lipinski definition) is 2. The Morgan fingerprint density at radius 2 is 2.00 bits per heavy atom. The van der Waals surface area contributed by atoms with Gasteiger partial charge in [0.25, 0.3) is 0 Å². The number of alkyl halides is 2. The summed E-state index contributed by atoms with van der Waals surface area (Å²) in [5, 5.41) is 11.1. The number of carbonyl (C=O) groups excluding carboxylic acids is 1. The molecule has 0 radical (unpaired) electrons. The molecule has 0 spiro atoms. The van der Waals surface area contributed by atoms with Gasteiger partial charge >= 0.3 is 5.97 Å². The number of nitrogens with one attached hydrogen (secondary N) is 1. The standard InChI is InChI=1S/C9H13Cl2NO3/c1-5(6(13)14)3-12-7(15)8(2)4-9(8,10)11/h5H,3-4H2,1-2H3,(H,12,15)(H,13,14)/t5-,8+/m0/s1. The monoisotopic (exact) mass is 253 g/mol. The lowest BCUT2D eigenvalue weighted by molar-refractivity contribution is -0.141. The first kappa shape index (κ1) is 12.6. The maximum absolute atomic E-state index is 11.6. The lowest BCUT2D eigenvalue weighted by Crippen LogP contribution is -2.37. The molecule has 4 nitrogen and oxygen atoms in total. The van der Waals surface area contributed by atoms with Crippen molar-refractivity contribution in [3.8, 4) is 0 Å². The van der Waals surface area contributed by atoms with E-state index in [9.17, 15) is 9.59 Å². The summed E-state index contributed by atoms with van der Waals surface area (Å²) in [4.78, 5) is 22.1. The molecule has 1 amide bonds. The number of carboxylic acids is 1. The third-order valence-electron chi connectivity index (χ3n) is 2.75. The number of aliphatic carboxylic acids is 1. The summed E-state index contributed by atoms with van der Waals surface area (Å²) in [5.74, 6) is -1.85. The fraction of sp³-hybridized carbons (Fsp3) is 0.778. The molecule has 0 bridgehead atoms. The summed E-state index contributed by atoms with van der Waals surface area (Å²) in [6.45, 7) is 3.27. The van der Waals surface area contributed by atoms with E-state index in [1.165, 1.54) is 6.92 Å². The van der Waals surface area contributed by atoms with Crippen LogP contribution in [0.5, 0.6) is 0 Å². The number of carboxylic acid groups (broad SMARTS) is 1. The second-order valence-corrected chi connectivity index (χ2v) is 5.65. The topological polar surface area (TPSA) is 66.4 Å². The van der Waals surface area contributed by atoms with Crippen LogP contribution in [0.3, 0.4) is 0 Å². The van der Waals surface area contributed by atoms with Crippen molar-refractivity contribution in [2.24, 2.45) is 11.3 Å². The van der Waals surface area contributed by atoms with E-state index in [-0.39, 0.29) is 12.5 Å². The highest BCUT2D eigenvalue weighted by Crippen LogP contribution is 2.63. The van der Waals surface area contributed by atoms with Crippen molar-refractivity contribution in [3.63, 3.8) is 0 Å². The highest BCUT2D eigenvalue weighted by Gasteiger charge is 2.67. The van der Waals surface area contributed by atoms with Crippen molar-refractivity contribution in [2.75, 3.05) is 6.54 Å². The number of hydrogen-bond acceptors (Lipinski definition) is 2. The second-order valence-electron chi connectivity index (χ2n) is 4.16. The van der Waals surface area contributed by atoms with Crippen LogP contribution in [0.1, 0.15) is 20.3 Å². The van der Waals surface area contributed by atoms with Crippen molar-refractivity contribution < 1.29 is 14.7 Å². The van der Waals surface area contributed by atoms with Gasteiger partial charge in [-0.25, -0.2) is 0 Å². The molecule has 1 aliphatic carbocycles. The lowest BCUT2D eigenvalue weighted by atomic mass is 10.1. The van der Waals surface area contributed by atoms with E-state index in [1.807, 2.05) is 0 Å². The van der Waals surface area contributed by atoms with Crippen LogP contribution in [0, 0.1) is 11.3 Å². The van der Waals surface area contributed by atoms with Crippen LogP contribution in [0.2, 0.25) is 0 Å². The smallest absolute Gasteiger partial charge is 0.308 e. The molecule has 1 rings (SSSR count). The zero-order valence-electron chi connectivity index (χ0n) is 8.51. The molecule has 2 N–H and O–H groups in total. The molecule has 86 valence electrons. The average molecular weight is 254 g/mol. The molecule has 1 fully saturated rings. The summed E-state index contributed by atoms with van der Waals surface area (Å²) in [6.07, 6.45) is 0.399. The molecular weight excluding hydrogens is 241 g/mol. The summed E-state index contributed by atoms with van der Waals surface area (Å²) in [5.41, 5.74) is -0.783. The van der Waals surface area contributed by atoms with E-state index in [1.54, 1.807) is 6.92 Å². The number of rotatable bonds is 4. The zero-order valence-corrected chi connectivity index (χ0v) is 10.0. The Kier molecular flexibility index (Phi) is 3.22. The van der Waals surface area contributed by atoms with Crippen molar-refractivity contribution in [2.45, 2.75) is 24.6 Å². The molecule has 6 heteroatoms. The van der Waals surface area contributed by atoms with Crippen LogP contribution in [-0.4, -0.2) is 27.9 Å². The second kappa shape index (κ2) is 3.83. The Hall–Kier alpha value is -0.480. The summed E-state index contributed by atoms with van der Waals surface area (Å²) >= 11 is 11.6. The van der Waals surface area contributed by atoms with Gasteiger partial charge in [0, 0.05) is 6.54 Å². The van der Waals surface area contributed by atoms with Crippen molar-refractivity contribution >= 4 is 35.1 Å². The molecule has 0 unspecified atom stereocenters. The minimum Gasteiger partial charge on any atom is -0.481 e. The van der Waals surface area contributed by atoms with E-state index in [0.29, 0.717) is 6.42 Å². The van der Waals surface area contributed by atoms with E-state index in [0.717, 1.165) is 0 Å². The highest BCUT2D eigenvalue weighted by atomic mass is 35.5. The maximum atomic E-state index is 11.6. The summed E-state index contributed by atoms with van der Waals surface area (Å²) in [6, 6.07) is 0. The molecule has 0 saturated heterocycles. The molecule has 0 aliphatic heterocycles. The van der Waals surface area contributed by atoms with E-state index in [2.05, 4.69) is 5.32 Å². The predicted molar refractivity (Wildman–Crippen MR) is 57.0 cm³/mol. The van der Waals surface area contributed by atoms with Crippen molar-refractivity contribution in [1.82, 2.24) is 5.32 Å². The predicted octanol–water partition coefficient (Wildman–Crippen LogP) is 1.41. The fourth-order valence-corrected chi connectivity index (χ4v) is 1.88. The maximum Gasteiger partial charge on any atom is 0.308 e. The van der Waals surface area contributed by atoms with E-state index < -0.39 is 21.6 Å². The van der Waals surface area contributed by atoms with Crippen molar-refractivity contribution in [3.05, 3.63) is 0 Å². The van der Waals surface area contributed by atoms with Crippen LogP contribution in [0.4, 0.5) is 0 Å². The van der Waals surface area contributed by atoms with Gasteiger partial charge in [0.15, 0.2) is 0 Å². The zero-order chi connectivity index (χ0) is 11.9. The number of carbonyl (C=O) groups is 2. The summed E-state index contributed by atoms with van der Waals surface area (Å²) in [7, 11) is 0. The third kappa shape index (κ3) is 2.37. The van der Waals surface area contributed by atoms with Gasteiger partial charge in [-0.05, 0) is 13.3 Å². The molecular formula is C9H13Cl2NO3. The quantitative estimate of drug-likeness (QED) is 0.745. The van der Waals surface area contributed by atoms with Gasteiger partial charge in [0.05, 0.1) is 11.3 Å². The van der Waals surface area contributed by atoms with Gasteiger partial charge in [-0.15, -0.1) is 23.2 Å². The number of amides is 1. The largest absolute Gasteiger partial charge is 0.481 e. The molecule has 0 aromatic heterocycles.